The number of anilines is 1. The van der Waals surface area contributed by atoms with E-state index in [1.165, 1.54) is 19.2 Å². The molecule has 1 saturated heterocycles. The van der Waals surface area contributed by atoms with E-state index < -0.39 is 0 Å². The molecular weight excluding hydrogens is 363 g/mol. The molecule has 28 heavy (non-hydrogen) atoms. The summed E-state index contributed by atoms with van der Waals surface area (Å²) in [7, 11) is 1.45. The number of amides is 1. The van der Waals surface area contributed by atoms with Crippen LogP contribution in [0.4, 0.5) is 10.2 Å². The molecule has 1 N–H and O–H groups in total. The highest BCUT2D eigenvalue weighted by Gasteiger charge is 2.27. The second kappa shape index (κ2) is 8.41. The molecule has 1 aliphatic rings. The highest BCUT2D eigenvalue weighted by molar-refractivity contribution is 5.79. The van der Waals surface area contributed by atoms with Crippen molar-refractivity contribution in [3.05, 3.63) is 62.6 Å². The first-order valence-electron chi connectivity index (χ1n) is 9.49. The molecular formula is C20H25FN4O3. The monoisotopic (exact) mass is 388 g/mol. The summed E-state index contributed by atoms with van der Waals surface area (Å²) >= 11 is 0. The van der Waals surface area contributed by atoms with E-state index in [2.05, 4.69) is 5.32 Å². The lowest BCUT2D eigenvalue weighted by Gasteiger charge is -2.34. The van der Waals surface area contributed by atoms with E-state index in [1.807, 2.05) is 11.8 Å². The largest absolute Gasteiger partial charge is 0.357 e. The number of carbonyl (C=O) groups excluding carboxylic acids is 1. The van der Waals surface area contributed by atoms with Crippen LogP contribution in [0.1, 0.15) is 25.3 Å². The lowest BCUT2D eigenvalue weighted by atomic mass is 9.97. The number of hydrogen-bond donors (Lipinski definition) is 1. The molecule has 0 radical (unpaired) electrons. The lowest BCUT2D eigenvalue weighted by Crippen LogP contribution is -2.47. The minimum absolute atomic E-state index is 0.132. The molecule has 8 heteroatoms. The summed E-state index contributed by atoms with van der Waals surface area (Å²) in [6.07, 6.45) is 1.48. The van der Waals surface area contributed by atoms with E-state index in [1.54, 1.807) is 22.8 Å². The molecule has 0 aliphatic carbocycles. The zero-order valence-corrected chi connectivity index (χ0v) is 16.2. The number of carbonyl (C=O) groups is 1. The topological polar surface area (TPSA) is 76.3 Å². The maximum atomic E-state index is 13.7. The van der Waals surface area contributed by atoms with Gasteiger partial charge < -0.3 is 10.2 Å². The summed E-state index contributed by atoms with van der Waals surface area (Å²) in [6, 6.07) is 7.79. The molecule has 2 aromatic rings. The van der Waals surface area contributed by atoms with Crippen molar-refractivity contribution in [2.24, 2.45) is 13.0 Å². The molecule has 0 bridgehead atoms. The predicted octanol–water partition coefficient (Wildman–Crippen LogP) is 1.24. The fourth-order valence-electron chi connectivity index (χ4n) is 3.59. The molecule has 0 saturated carbocycles. The van der Waals surface area contributed by atoms with E-state index >= 15 is 0 Å². The van der Waals surface area contributed by atoms with Gasteiger partial charge in [-0.25, -0.2) is 9.18 Å². The summed E-state index contributed by atoms with van der Waals surface area (Å²) in [5, 5.41) is 2.80. The molecule has 1 fully saturated rings. The first-order valence-corrected chi connectivity index (χ1v) is 9.49. The highest BCUT2D eigenvalue weighted by atomic mass is 19.1. The van der Waals surface area contributed by atoms with E-state index in [0.29, 0.717) is 37.4 Å². The average molecular weight is 388 g/mol. The van der Waals surface area contributed by atoms with Crippen LogP contribution in [0, 0.1) is 11.7 Å². The molecule has 1 aromatic carbocycles. The van der Waals surface area contributed by atoms with Crippen molar-refractivity contribution in [3.63, 3.8) is 0 Å². The Bertz CT molecular complexity index is 982. The Morgan fingerprint density at radius 1 is 1.29 bits per heavy atom. The minimum Gasteiger partial charge on any atom is -0.357 e. The number of hydrogen-bond acceptors (Lipinski definition) is 4. The molecule has 1 atom stereocenters. The van der Waals surface area contributed by atoms with Crippen LogP contribution >= 0.6 is 0 Å². The Morgan fingerprint density at radius 3 is 2.75 bits per heavy atom. The first-order chi connectivity index (χ1) is 13.4. The van der Waals surface area contributed by atoms with Gasteiger partial charge in [0.05, 0.1) is 5.92 Å². The Labute approximate surface area is 162 Å². The normalized spacial score (nSPS) is 16.8. The van der Waals surface area contributed by atoms with Crippen LogP contribution in [-0.4, -0.2) is 28.1 Å². The van der Waals surface area contributed by atoms with Crippen molar-refractivity contribution in [2.75, 3.05) is 18.0 Å². The van der Waals surface area contributed by atoms with Crippen LogP contribution in [0.3, 0.4) is 0 Å². The third-order valence-electron chi connectivity index (χ3n) is 5.22. The van der Waals surface area contributed by atoms with Crippen molar-refractivity contribution in [1.82, 2.24) is 14.5 Å². The summed E-state index contributed by atoms with van der Waals surface area (Å²) < 4.78 is 16.4. The SMILES string of the molecule is CCn1c(N2CCCC(C(=O)NCc3ccccc3F)C2)cc(=O)n(C)c1=O. The fraction of sp³-hybridized carbons (Fsp3) is 0.450. The Morgan fingerprint density at radius 2 is 2.04 bits per heavy atom. The van der Waals surface area contributed by atoms with Gasteiger partial charge in [-0.3, -0.25) is 18.7 Å². The molecule has 1 unspecified atom stereocenters. The first kappa shape index (κ1) is 19.9. The van der Waals surface area contributed by atoms with Gasteiger partial charge in [-0.05, 0) is 25.8 Å². The van der Waals surface area contributed by atoms with Crippen LogP contribution in [0.15, 0.2) is 39.9 Å². The summed E-state index contributed by atoms with van der Waals surface area (Å²) in [6.45, 7) is 3.49. The fourth-order valence-corrected chi connectivity index (χ4v) is 3.59. The smallest absolute Gasteiger partial charge is 0.332 e. The van der Waals surface area contributed by atoms with Crippen LogP contribution in [0.25, 0.3) is 0 Å². The van der Waals surface area contributed by atoms with Gasteiger partial charge in [-0.2, -0.15) is 0 Å². The zero-order valence-electron chi connectivity index (χ0n) is 16.2. The minimum atomic E-state index is -0.365. The van der Waals surface area contributed by atoms with Crippen LogP contribution in [-0.2, 0) is 24.9 Å². The molecule has 1 aromatic heterocycles. The van der Waals surface area contributed by atoms with Crippen molar-refractivity contribution < 1.29 is 9.18 Å². The number of rotatable bonds is 5. The van der Waals surface area contributed by atoms with Gasteiger partial charge >= 0.3 is 5.69 Å². The number of nitrogens with one attached hydrogen (secondary N) is 1. The average Bonchev–Trinajstić information content (AvgIpc) is 2.71. The van der Waals surface area contributed by atoms with Crippen LogP contribution in [0.2, 0.25) is 0 Å². The highest BCUT2D eigenvalue weighted by Crippen LogP contribution is 2.22. The number of piperidine rings is 1. The maximum Gasteiger partial charge on any atom is 0.332 e. The molecule has 7 nitrogen and oxygen atoms in total. The van der Waals surface area contributed by atoms with Gasteiger partial charge in [0.2, 0.25) is 5.91 Å². The third kappa shape index (κ3) is 4.00. The summed E-state index contributed by atoms with van der Waals surface area (Å²) in [5.74, 6) is -0.241. The van der Waals surface area contributed by atoms with Crippen molar-refractivity contribution in [3.8, 4) is 0 Å². The van der Waals surface area contributed by atoms with E-state index in [4.69, 9.17) is 0 Å². The quantitative estimate of drug-likeness (QED) is 0.836. The Hall–Kier alpha value is -2.90. The molecule has 1 aliphatic heterocycles. The molecule has 0 spiro atoms. The lowest BCUT2D eigenvalue weighted by molar-refractivity contribution is -0.125. The molecule has 150 valence electrons. The number of halogens is 1. The molecule has 3 rings (SSSR count). The van der Waals surface area contributed by atoms with E-state index in [-0.39, 0.29) is 35.4 Å². The Balaban J connectivity index is 1.74. The van der Waals surface area contributed by atoms with Crippen LogP contribution in [0.5, 0.6) is 0 Å². The zero-order chi connectivity index (χ0) is 20.3. The number of nitrogens with zero attached hydrogens (tertiary/aromatic N) is 3. The van der Waals surface area contributed by atoms with Gasteiger partial charge in [-0.15, -0.1) is 0 Å². The molecule has 1 amide bonds. The van der Waals surface area contributed by atoms with Gasteiger partial charge in [0.15, 0.2) is 0 Å². The van der Waals surface area contributed by atoms with E-state index in [0.717, 1.165) is 11.0 Å². The summed E-state index contributed by atoms with van der Waals surface area (Å²) in [4.78, 5) is 39.0. The van der Waals surface area contributed by atoms with E-state index in [9.17, 15) is 18.8 Å². The number of benzene rings is 1. The summed E-state index contributed by atoms with van der Waals surface area (Å²) in [5.41, 5.74) is -0.290. The molecule has 2 heterocycles. The van der Waals surface area contributed by atoms with Gasteiger partial charge in [0.25, 0.3) is 5.56 Å². The second-order valence-corrected chi connectivity index (χ2v) is 7.02. The van der Waals surface area contributed by atoms with Gasteiger partial charge in [-0.1, -0.05) is 18.2 Å². The third-order valence-corrected chi connectivity index (χ3v) is 5.22. The standard InChI is InChI=1S/C20H25FN4O3/c1-3-25-17(11-18(26)23(2)20(25)28)24-10-6-8-15(13-24)19(27)22-12-14-7-4-5-9-16(14)21/h4-5,7,9,11,15H,3,6,8,10,12-13H2,1-2H3,(H,22,27). The van der Waals surface area contributed by atoms with Crippen molar-refractivity contribution in [2.45, 2.75) is 32.9 Å². The van der Waals surface area contributed by atoms with Crippen molar-refractivity contribution in [1.29, 1.82) is 0 Å². The van der Waals surface area contributed by atoms with Crippen molar-refractivity contribution >= 4 is 11.7 Å². The Kier molecular flexibility index (Phi) is 5.96. The second-order valence-electron chi connectivity index (χ2n) is 7.02. The van der Waals surface area contributed by atoms with Gasteiger partial charge in [0.1, 0.15) is 11.6 Å². The maximum absolute atomic E-state index is 13.7. The van der Waals surface area contributed by atoms with Gasteiger partial charge in [0, 0.05) is 44.9 Å². The predicted molar refractivity (Wildman–Crippen MR) is 105 cm³/mol. The van der Waals surface area contributed by atoms with Crippen LogP contribution < -0.4 is 21.5 Å². The number of aromatic nitrogens is 2.